The molecule has 3 aromatic rings. The lowest BCUT2D eigenvalue weighted by Crippen LogP contribution is -2.23. The van der Waals surface area contributed by atoms with Crippen LogP contribution in [0.3, 0.4) is 0 Å². The van der Waals surface area contributed by atoms with Crippen LogP contribution in [0, 0.1) is 5.92 Å². The number of rotatable bonds is 4. The molecule has 2 heterocycles. The van der Waals surface area contributed by atoms with Crippen LogP contribution in [0.5, 0.6) is 0 Å². The Morgan fingerprint density at radius 3 is 2.64 bits per heavy atom. The van der Waals surface area contributed by atoms with Gasteiger partial charge in [0.1, 0.15) is 12.7 Å². The highest BCUT2D eigenvalue weighted by Gasteiger charge is 2.18. The Labute approximate surface area is 128 Å². The van der Waals surface area contributed by atoms with Crippen molar-refractivity contribution in [2.75, 3.05) is 0 Å². The molecule has 0 atom stereocenters. The van der Waals surface area contributed by atoms with Gasteiger partial charge in [0, 0.05) is 12.2 Å². The largest absolute Gasteiger partial charge is 0.297 e. The summed E-state index contributed by atoms with van der Waals surface area (Å²) in [6.45, 7) is 0.741. The van der Waals surface area contributed by atoms with Crippen molar-refractivity contribution in [3.05, 3.63) is 53.3 Å². The average Bonchev–Trinajstić information content (AvgIpc) is 2.93. The first-order valence-corrected chi connectivity index (χ1v) is 7.81. The molecule has 0 aliphatic heterocycles. The normalized spacial score (nSPS) is 15.1. The SMILES string of the molecule is O=c1c2ncn(-c3ccccc3)c2ncn1CCC1CCC1. The zero-order valence-corrected chi connectivity index (χ0v) is 12.4. The molecule has 2 aromatic heterocycles. The van der Waals surface area contributed by atoms with Crippen LogP contribution >= 0.6 is 0 Å². The maximum atomic E-state index is 12.5. The van der Waals surface area contributed by atoms with E-state index < -0.39 is 0 Å². The van der Waals surface area contributed by atoms with E-state index in [1.807, 2.05) is 34.9 Å². The fourth-order valence-electron chi connectivity index (χ4n) is 2.97. The van der Waals surface area contributed by atoms with Crippen molar-refractivity contribution in [1.82, 2.24) is 19.1 Å². The molecule has 1 saturated carbocycles. The van der Waals surface area contributed by atoms with Crippen molar-refractivity contribution in [2.45, 2.75) is 32.2 Å². The third-order valence-electron chi connectivity index (χ3n) is 4.56. The molecule has 0 unspecified atom stereocenters. The zero-order valence-electron chi connectivity index (χ0n) is 12.4. The van der Waals surface area contributed by atoms with Crippen molar-refractivity contribution in [1.29, 1.82) is 0 Å². The van der Waals surface area contributed by atoms with Crippen molar-refractivity contribution in [3.63, 3.8) is 0 Å². The number of benzene rings is 1. The van der Waals surface area contributed by atoms with E-state index in [4.69, 9.17) is 0 Å². The summed E-state index contributed by atoms with van der Waals surface area (Å²) < 4.78 is 3.55. The molecule has 1 aliphatic carbocycles. The lowest BCUT2D eigenvalue weighted by Gasteiger charge is -2.25. The molecule has 0 spiro atoms. The second-order valence-electron chi connectivity index (χ2n) is 5.95. The third-order valence-corrected chi connectivity index (χ3v) is 4.56. The number of hydrogen-bond acceptors (Lipinski definition) is 3. The minimum atomic E-state index is -0.0426. The highest BCUT2D eigenvalue weighted by Crippen LogP contribution is 2.29. The Bertz CT molecular complexity index is 846. The van der Waals surface area contributed by atoms with Gasteiger partial charge in [-0.2, -0.15) is 0 Å². The van der Waals surface area contributed by atoms with E-state index in [1.54, 1.807) is 17.2 Å². The van der Waals surface area contributed by atoms with Gasteiger partial charge in [-0.15, -0.1) is 0 Å². The molecule has 0 bridgehead atoms. The van der Waals surface area contributed by atoms with Crippen LogP contribution in [0.25, 0.3) is 16.9 Å². The molecule has 4 rings (SSSR count). The molecule has 0 N–H and O–H groups in total. The predicted molar refractivity (Wildman–Crippen MR) is 85.1 cm³/mol. The van der Waals surface area contributed by atoms with Gasteiger partial charge in [-0.3, -0.25) is 13.9 Å². The molecule has 0 saturated heterocycles. The zero-order chi connectivity index (χ0) is 14.9. The smallest absolute Gasteiger partial charge is 0.281 e. The Morgan fingerprint density at radius 1 is 1.09 bits per heavy atom. The number of aryl methyl sites for hydroxylation is 1. The number of imidazole rings is 1. The number of nitrogens with zero attached hydrogens (tertiary/aromatic N) is 4. The van der Waals surface area contributed by atoms with Gasteiger partial charge in [-0.05, 0) is 24.5 Å². The van der Waals surface area contributed by atoms with E-state index in [-0.39, 0.29) is 5.56 Å². The molecular formula is C17H18N4O. The summed E-state index contributed by atoms with van der Waals surface area (Å²) in [4.78, 5) is 21.3. The maximum Gasteiger partial charge on any atom is 0.281 e. The number of fused-ring (bicyclic) bond motifs is 1. The van der Waals surface area contributed by atoms with Crippen molar-refractivity contribution in [3.8, 4) is 5.69 Å². The van der Waals surface area contributed by atoms with Crippen LogP contribution < -0.4 is 5.56 Å². The van der Waals surface area contributed by atoms with Gasteiger partial charge in [0.15, 0.2) is 11.2 Å². The molecule has 5 nitrogen and oxygen atoms in total. The van der Waals surface area contributed by atoms with Crippen molar-refractivity contribution in [2.24, 2.45) is 5.92 Å². The van der Waals surface area contributed by atoms with E-state index in [2.05, 4.69) is 9.97 Å². The van der Waals surface area contributed by atoms with E-state index in [1.165, 1.54) is 19.3 Å². The maximum absolute atomic E-state index is 12.5. The van der Waals surface area contributed by atoms with E-state index in [0.717, 1.165) is 24.6 Å². The monoisotopic (exact) mass is 294 g/mol. The van der Waals surface area contributed by atoms with E-state index in [0.29, 0.717) is 11.2 Å². The van der Waals surface area contributed by atoms with Gasteiger partial charge < -0.3 is 0 Å². The number of aromatic nitrogens is 4. The molecule has 1 fully saturated rings. The van der Waals surface area contributed by atoms with Gasteiger partial charge in [0.2, 0.25) is 0 Å². The highest BCUT2D eigenvalue weighted by molar-refractivity contribution is 5.71. The Balaban J connectivity index is 1.69. The van der Waals surface area contributed by atoms with Crippen molar-refractivity contribution >= 4 is 11.2 Å². The lowest BCUT2D eigenvalue weighted by molar-refractivity contribution is 0.281. The molecule has 5 heteroatoms. The molecule has 112 valence electrons. The second-order valence-corrected chi connectivity index (χ2v) is 5.95. The highest BCUT2D eigenvalue weighted by atomic mass is 16.1. The summed E-state index contributed by atoms with van der Waals surface area (Å²) in [5, 5.41) is 0. The third kappa shape index (κ3) is 2.22. The van der Waals surface area contributed by atoms with Gasteiger partial charge in [0.25, 0.3) is 5.56 Å². The predicted octanol–water partition coefficient (Wildman–Crippen LogP) is 2.77. The van der Waals surface area contributed by atoms with Gasteiger partial charge in [-0.25, -0.2) is 9.97 Å². The second kappa shape index (κ2) is 5.40. The summed E-state index contributed by atoms with van der Waals surface area (Å²) in [7, 11) is 0. The topological polar surface area (TPSA) is 52.7 Å². The molecule has 0 amide bonds. The summed E-state index contributed by atoms with van der Waals surface area (Å²) in [5.41, 5.74) is 1.99. The van der Waals surface area contributed by atoms with E-state index >= 15 is 0 Å². The lowest BCUT2D eigenvalue weighted by atomic mass is 9.83. The van der Waals surface area contributed by atoms with Gasteiger partial charge in [-0.1, -0.05) is 37.5 Å². The average molecular weight is 294 g/mol. The number of para-hydroxylation sites is 1. The molecular weight excluding hydrogens is 276 g/mol. The Hall–Kier alpha value is -2.43. The van der Waals surface area contributed by atoms with Crippen LogP contribution in [0.15, 0.2) is 47.8 Å². The van der Waals surface area contributed by atoms with E-state index in [9.17, 15) is 4.79 Å². The first kappa shape index (κ1) is 13.2. The minimum Gasteiger partial charge on any atom is -0.297 e. The van der Waals surface area contributed by atoms with Crippen LogP contribution in [0.4, 0.5) is 0 Å². The molecule has 1 aromatic carbocycles. The van der Waals surface area contributed by atoms with Crippen molar-refractivity contribution < 1.29 is 0 Å². The van der Waals surface area contributed by atoms with Crippen LogP contribution in [-0.2, 0) is 6.54 Å². The van der Waals surface area contributed by atoms with Gasteiger partial charge in [0.05, 0.1) is 0 Å². The molecule has 1 aliphatic rings. The van der Waals surface area contributed by atoms with Crippen LogP contribution in [0.1, 0.15) is 25.7 Å². The Kier molecular flexibility index (Phi) is 3.25. The first-order chi connectivity index (χ1) is 10.8. The minimum absolute atomic E-state index is 0.0426. The standard InChI is InChI=1S/C17H18N4O/c22-17-15-16(19-11-20(17)10-9-13-5-4-6-13)21(12-18-15)14-7-2-1-3-8-14/h1-3,7-8,11-13H,4-6,9-10H2. The summed E-state index contributed by atoms with van der Waals surface area (Å²) in [5.74, 6) is 0.782. The fraction of sp³-hybridized carbons (Fsp3) is 0.353. The first-order valence-electron chi connectivity index (χ1n) is 7.81. The fourth-order valence-corrected chi connectivity index (χ4v) is 2.97. The summed E-state index contributed by atoms with van der Waals surface area (Å²) in [6, 6.07) is 9.83. The van der Waals surface area contributed by atoms with Crippen LogP contribution in [0.2, 0.25) is 0 Å². The quantitative estimate of drug-likeness (QED) is 0.743. The molecule has 0 radical (unpaired) electrons. The van der Waals surface area contributed by atoms with Gasteiger partial charge >= 0.3 is 0 Å². The molecule has 22 heavy (non-hydrogen) atoms. The van der Waals surface area contributed by atoms with Crippen LogP contribution in [-0.4, -0.2) is 19.1 Å². The summed E-state index contributed by atoms with van der Waals surface area (Å²) in [6.07, 6.45) is 8.32. The summed E-state index contributed by atoms with van der Waals surface area (Å²) >= 11 is 0. The Morgan fingerprint density at radius 2 is 1.91 bits per heavy atom. The number of hydrogen-bond donors (Lipinski definition) is 0.